The first-order chi connectivity index (χ1) is 8.60. The van der Waals surface area contributed by atoms with Crippen molar-refractivity contribution < 1.29 is 9.90 Å². The van der Waals surface area contributed by atoms with Gasteiger partial charge in [0, 0.05) is 0 Å². The molecule has 2 aromatic rings. The van der Waals surface area contributed by atoms with Gasteiger partial charge in [0.1, 0.15) is 0 Å². The molecule has 0 atom stereocenters. The van der Waals surface area contributed by atoms with E-state index in [4.69, 9.17) is 5.11 Å². The summed E-state index contributed by atoms with van der Waals surface area (Å²) in [6, 6.07) is 8.23. The zero-order valence-corrected chi connectivity index (χ0v) is 11.3. The van der Waals surface area contributed by atoms with Gasteiger partial charge in [-0.15, -0.1) is 11.3 Å². The van der Waals surface area contributed by atoms with E-state index in [1.165, 1.54) is 5.56 Å². The molecule has 2 rings (SSSR count). The Balaban J connectivity index is 2.39. The van der Waals surface area contributed by atoms with Gasteiger partial charge in [0.25, 0.3) is 0 Å². The van der Waals surface area contributed by atoms with Gasteiger partial charge < -0.3 is 5.11 Å². The summed E-state index contributed by atoms with van der Waals surface area (Å²) in [6.45, 7) is 4.02. The summed E-state index contributed by atoms with van der Waals surface area (Å²) in [6.07, 6.45) is 0.985. The first-order valence-corrected chi connectivity index (χ1v) is 6.69. The van der Waals surface area contributed by atoms with Crippen molar-refractivity contribution in [1.29, 1.82) is 0 Å². The highest BCUT2D eigenvalue weighted by Crippen LogP contribution is 2.30. The van der Waals surface area contributed by atoms with Gasteiger partial charge in [-0.25, -0.2) is 4.98 Å². The van der Waals surface area contributed by atoms with Gasteiger partial charge in [0.2, 0.25) is 0 Å². The summed E-state index contributed by atoms with van der Waals surface area (Å²) in [7, 11) is 0. The van der Waals surface area contributed by atoms with Crippen LogP contribution in [0, 0.1) is 6.92 Å². The Hall–Kier alpha value is -1.68. The number of carbonyl (C=O) groups is 1. The maximum absolute atomic E-state index is 10.8. The fourth-order valence-corrected chi connectivity index (χ4v) is 2.79. The average molecular weight is 261 g/mol. The smallest absolute Gasteiger partial charge is 0.309 e. The molecular formula is C14H15NO2S. The van der Waals surface area contributed by atoms with Gasteiger partial charge in [-0.05, 0) is 24.5 Å². The standard InChI is InChI=1S/C14H15NO2S/c1-3-10-4-6-11(7-5-10)14-12(8-13(16)17)15-9(2)18-14/h4-7H,3,8H2,1-2H3,(H,16,17). The number of thiazole rings is 1. The van der Waals surface area contributed by atoms with Crippen LogP contribution in [0.4, 0.5) is 0 Å². The van der Waals surface area contributed by atoms with Crippen LogP contribution in [0.1, 0.15) is 23.2 Å². The normalized spacial score (nSPS) is 10.6. The van der Waals surface area contributed by atoms with E-state index in [1.54, 1.807) is 11.3 Å². The predicted molar refractivity (Wildman–Crippen MR) is 73.0 cm³/mol. The Kier molecular flexibility index (Phi) is 3.77. The largest absolute Gasteiger partial charge is 0.481 e. The van der Waals surface area contributed by atoms with Crippen molar-refractivity contribution in [3.63, 3.8) is 0 Å². The van der Waals surface area contributed by atoms with E-state index < -0.39 is 5.97 Å². The highest BCUT2D eigenvalue weighted by atomic mass is 32.1. The number of aryl methyl sites for hydroxylation is 2. The van der Waals surface area contributed by atoms with Crippen LogP contribution in [0.15, 0.2) is 24.3 Å². The van der Waals surface area contributed by atoms with Crippen LogP contribution in [0.25, 0.3) is 10.4 Å². The molecule has 1 aromatic carbocycles. The van der Waals surface area contributed by atoms with E-state index in [2.05, 4.69) is 24.0 Å². The predicted octanol–water partition coefficient (Wildman–Crippen LogP) is 3.31. The number of carboxylic acid groups (broad SMARTS) is 1. The summed E-state index contributed by atoms with van der Waals surface area (Å²) < 4.78 is 0. The molecule has 0 aliphatic carbocycles. The number of nitrogens with zero attached hydrogens (tertiary/aromatic N) is 1. The lowest BCUT2D eigenvalue weighted by atomic mass is 10.1. The van der Waals surface area contributed by atoms with E-state index in [0.29, 0.717) is 5.69 Å². The van der Waals surface area contributed by atoms with Gasteiger partial charge in [-0.2, -0.15) is 0 Å². The number of carboxylic acids is 1. The van der Waals surface area contributed by atoms with Crippen LogP contribution < -0.4 is 0 Å². The molecule has 1 aromatic heterocycles. The summed E-state index contributed by atoms with van der Waals surface area (Å²) >= 11 is 1.55. The van der Waals surface area contributed by atoms with E-state index in [9.17, 15) is 4.79 Å². The molecule has 1 heterocycles. The topological polar surface area (TPSA) is 50.2 Å². The third kappa shape index (κ3) is 2.76. The minimum Gasteiger partial charge on any atom is -0.481 e. The first-order valence-electron chi connectivity index (χ1n) is 5.87. The fraction of sp³-hybridized carbons (Fsp3) is 0.286. The zero-order chi connectivity index (χ0) is 13.1. The van der Waals surface area contributed by atoms with E-state index >= 15 is 0 Å². The zero-order valence-electron chi connectivity index (χ0n) is 10.4. The molecule has 0 radical (unpaired) electrons. The molecule has 0 aliphatic heterocycles. The maximum Gasteiger partial charge on any atom is 0.309 e. The first kappa shape index (κ1) is 12.8. The molecule has 1 N–H and O–H groups in total. The second-order valence-electron chi connectivity index (χ2n) is 4.13. The third-order valence-electron chi connectivity index (χ3n) is 2.75. The lowest BCUT2D eigenvalue weighted by Gasteiger charge is -2.02. The summed E-state index contributed by atoms with van der Waals surface area (Å²) in [5.74, 6) is -0.841. The molecular weight excluding hydrogens is 246 g/mol. The molecule has 0 aliphatic rings. The van der Waals surface area contributed by atoms with Crippen molar-refractivity contribution in [3.8, 4) is 10.4 Å². The SMILES string of the molecule is CCc1ccc(-c2sc(C)nc2CC(=O)O)cc1. The molecule has 0 saturated heterocycles. The van der Waals surface area contributed by atoms with Gasteiger partial charge in [-0.1, -0.05) is 31.2 Å². The molecule has 3 nitrogen and oxygen atoms in total. The molecule has 4 heteroatoms. The van der Waals surface area contributed by atoms with E-state index in [0.717, 1.165) is 21.9 Å². The molecule has 94 valence electrons. The second-order valence-corrected chi connectivity index (χ2v) is 5.33. The van der Waals surface area contributed by atoms with Gasteiger partial charge in [0.15, 0.2) is 0 Å². The quantitative estimate of drug-likeness (QED) is 0.918. The Labute approximate surface area is 110 Å². The van der Waals surface area contributed by atoms with Crippen molar-refractivity contribution in [2.24, 2.45) is 0 Å². The van der Waals surface area contributed by atoms with Crippen LogP contribution in [0.2, 0.25) is 0 Å². The van der Waals surface area contributed by atoms with Gasteiger partial charge in [0.05, 0.1) is 22.0 Å². The summed E-state index contributed by atoms with van der Waals surface area (Å²) in [5, 5.41) is 9.80. The van der Waals surface area contributed by atoms with Gasteiger partial charge in [-0.3, -0.25) is 4.79 Å². The lowest BCUT2D eigenvalue weighted by Crippen LogP contribution is -2.01. The molecule has 0 fully saturated rings. The second kappa shape index (κ2) is 5.31. The van der Waals surface area contributed by atoms with Crippen LogP contribution in [0.3, 0.4) is 0 Å². The number of hydrogen-bond donors (Lipinski definition) is 1. The minimum absolute atomic E-state index is 0.0186. The van der Waals surface area contributed by atoms with E-state index in [1.807, 2.05) is 19.1 Å². The van der Waals surface area contributed by atoms with Crippen LogP contribution in [-0.2, 0) is 17.6 Å². The Bertz CT molecular complexity index is 558. The number of hydrogen-bond acceptors (Lipinski definition) is 3. The minimum atomic E-state index is -0.841. The maximum atomic E-state index is 10.8. The van der Waals surface area contributed by atoms with Crippen molar-refractivity contribution in [3.05, 3.63) is 40.5 Å². The Morgan fingerprint density at radius 1 is 1.33 bits per heavy atom. The number of aromatic nitrogens is 1. The van der Waals surface area contributed by atoms with Crippen LogP contribution in [-0.4, -0.2) is 16.1 Å². The highest BCUT2D eigenvalue weighted by Gasteiger charge is 2.13. The van der Waals surface area contributed by atoms with Crippen molar-refractivity contribution in [1.82, 2.24) is 4.98 Å². The van der Waals surface area contributed by atoms with Crippen molar-refractivity contribution in [2.45, 2.75) is 26.7 Å². The highest BCUT2D eigenvalue weighted by molar-refractivity contribution is 7.15. The fourth-order valence-electron chi connectivity index (χ4n) is 1.85. The summed E-state index contributed by atoms with van der Waals surface area (Å²) in [5.41, 5.74) is 2.99. The molecule has 18 heavy (non-hydrogen) atoms. The Morgan fingerprint density at radius 2 is 2.00 bits per heavy atom. The number of benzene rings is 1. The molecule has 0 amide bonds. The van der Waals surface area contributed by atoms with Gasteiger partial charge >= 0.3 is 5.97 Å². The van der Waals surface area contributed by atoms with Crippen LogP contribution in [0.5, 0.6) is 0 Å². The monoisotopic (exact) mass is 261 g/mol. The molecule has 0 bridgehead atoms. The van der Waals surface area contributed by atoms with E-state index in [-0.39, 0.29) is 6.42 Å². The lowest BCUT2D eigenvalue weighted by molar-refractivity contribution is -0.136. The number of rotatable bonds is 4. The summed E-state index contributed by atoms with van der Waals surface area (Å²) in [4.78, 5) is 16.1. The molecule has 0 saturated carbocycles. The molecule has 0 unspecified atom stereocenters. The van der Waals surface area contributed by atoms with Crippen molar-refractivity contribution >= 4 is 17.3 Å². The average Bonchev–Trinajstić information content (AvgIpc) is 2.69. The van der Waals surface area contributed by atoms with Crippen LogP contribution >= 0.6 is 11.3 Å². The Morgan fingerprint density at radius 3 is 2.56 bits per heavy atom. The molecule has 0 spiro atoms. The number of aliphatic carboxylic acids is 1. The third-order valence-corrected chi connectivity index (χ3v) is 3.81. The van der Waals surface area contributed by atoms with Crippen molar-refractivity contribution in [2.75, 3.05) is 0 Å².